The van der Waals surface area contributed by atoms with E-state index in [2.05, 4.69) is 5.32 Å². The molecule has 2 atom stereocenters. The van der Waals surface area contributed by atoms with Crippen LogP contribution < -0.4 is 5.32 Å². The van der Waals surface area contributed by atoms with Crippen molar-refractivity contribution < 1.29 is 19.5 Å². The van der Waals surface area contributed by atoms with Crippen LogP contribution in [0, 0.1) is 11.8 Å². The lowest BCUT2D eigenvalue weighted by Crippen LogP contribution is -2.40. The summed E-state index contributed by atoms with van der Waals surface area (Å²) in [4.78, 5) is 36.6. The Morgan fingerprint density at radius 3 is 2.43 bits per heavy atom. The fourth-order valence-corrected chi connectivity index (χ4v) is 3.18. The molecule has 0 bridgehead atoms. The first-order valence-corrected chi connectivity index (χ1v) is 7.78. The fourth-order valence-electron chi connectivity index (χ4n) is 3.18. The summed E-state index contributed by atoms with van der Waals surface area (Å²) in [6.07, 6.45) is 4.86. The lowest BCUT2D eigenvalue weighted by atomic mass is 10.1. The fraction of sp³-hybridized carbons (Fsp3) is 0.800. The van der Waals surface area contributed by atoms with E-state index >= 15 is 0 Å². The van der Waals surface area contributed by atoms with Gasteiger partial charge in [0, 0.05) is 31.5 Å². The molecule has 0 aromatic heterocycles. The van der Waals surface area contributed by atoms with Crippen LogP contribution in [-0.2, 0) is 14.4 Å². The van der Waals surface area contributed by atoms with Gasteiger partial charge >= 0.3 is 5.97 Å². The lowest BCUT2D eigenvalue weighted by Gasteiger charge is -2.20. The number of amides is 2. The topological polar surface area (TPSA) is 86.7 Å². The highest BCUT2D eigenvalue weighted by molar-refractivity contribution is 5.82. The van der Waals surface area contributed by atoms with Gasteiger partial charge in [-0.2, -0.15) is 0 Å². The van der Waals surface area contributed by atoms with Gasteiger partial charge in [-0.1, -0.05) is 12.8 Å². The quantitative estimate of drug-likeness (QED) is 0.792. The Morgan fingerprint density at radius 2 is 1.86 bits per heavy atom. The smallest absolute Gasteiger partial charge is 0.308 e. The number of hydrogen-bond donors (Lipinski definition) is 2. The zero-order valence-electron chi connectivity index (χ0n) is 12.5. The van der Waals surface area contributed by atoms with Crippen LogP contribution in [0.25, 0.3) is 0 Å². The number of aliphatic carboxylic acids is 1. The monoisotopic (exact) mass is 296 g/mol. The van der Waals surface area contributed by atoms with Crippen molar-refractivity contribution in [1.82, 2.24) is 10.2 Å². The van der Waals surface area contributed by atoms with Crippen molar-refractivity contribution in [3.8, 4) is 0 Å². The first-order valence-electron chi connectivity index (χ1n) is 7.78. The second kappa shape index (κ2) is 6.91. The van der Waals surface area contributed by atoms with E-state index < -0.39 is 11.9 Å². The SMILES string of the molecule is CC(CC(=O)N1CCC(C(=O)O)C1)NC(=O)C1CCCC1. The predicted octanol–water partition coefficient (Wildman–Crippen LogP) is 1.00. The average Bonchev–Trinajstić information content (AvgIpc) is 3.10. The third-order valence-corrected chi connectivity index (χ3v) is 4.49. The summed E-state index contributed by atoms with van der Waals surface area (Å²) in [5.74, 6) is -1.20. The third kappa shape index (κ3) is 4.19. The van der Waals surface area contributed by atoms with E-state index in [1.807, 2.05) is 6.92 Å². The molecule has 1 heterocycles. The number of carboxylic acid groups (broad SMARTS) is 1. The highest BCUT2D eigenvalue weighted by atomic mass is 16.4. The Morgan fingerprint density at radius 1 is 1.19 bits per heavy atom. The van der Waals surface area contributed by atoms with Crippen molar-refractivity contribution >= 4 is 17.8 Å². The highest BCUT2D eigenvalue weighted by Crippen LogP contribution is 2.25. The zero-order chi connectivity index (χ0) is 15.4. The number of nitrogens with one attached hydrogen (secondary N) is 1. The van der Waals surface area contributed by atoms with Gasteiger partial charge < -0.3 is 15.3 Å². The largest absolute Gasteiger partial charge is 0.481 e. The average molecular weight is 296 g/mol. The number of nitrogens with zero attached hydrogens (tertiary/aromatic N) is 1. The maximum atomic E-state index is 12.1. The number of carbonyl (C=O) groups excluding carboxylic acids is 2. The van der Waals surface area contributed by atoms with Gasteiger partial charge in [-0.15, -0.1) is 0 Å². The molecule has 2 fully saturated rings. The second-order valence-electron chi connectivity index (χ2n) is 6.26. The molecule has 2 unspecified atom stereocenters. The van der Waals surface area contributed by atoms with Crippen LogP contribution in [0.15, 0.2) is 0 Å². The van der Waals surface area contributed by atoms with E-state index in [9.17, 15) is 14.4 Å². The molecule has 0 aromatic rings. The van der Waals surface area contributed by atoms with E-state index in [0.29, 0.717) is 13.0 Å². The van der Waals surface area contributed by atoms with Gasteiger partial charge in [-0.05, 0) is 26.2 Å². The number of carbonyl (C=O) groups is 3. The van der Waals surface area contributed by atoms with Crippen molar-refractivity contribution in [1.29, 1.82) is 0 Å². The molecule has 2 N–H and O–H groups in total. The van der Waals surface area contributed by atoms with Crippen molar-refractivity contribution in [2.45, 2.75) is 51.5 Å². The molecule has 2 rings (SSSR count). The Bertz CT molecular complexity index is 418. The maximum absolute atomic E-state index is 12.1. The molecule has 21 heavy (non-hydrogen) atoms. The van der Waals surface area contributed by atoms with Crippen LogP contribution in [0.2, 0.25) is 0 Å². The molecule has 118 valence electrons. The van der Waals surface area contributed by atoms with Gasteiger partial charge in [0.25, 0.3) is 0 Å². The molecule has 1 aliphatic carbocycles. The summed E-state index contributed by atoms with van der Waals surface area (Å²) in [5, 5.41) is 11.8. The first-order chi connectivity index (χ1) is 9.97. The van der Waals surface area contributed by atoms with Crippen LogP contribution in [-0.4, -0.2) is 46.9 Å². The highest BCUT2D eigenvalue weighted by Gasteiger charge is 2.31. The summed E-state index contributed by atoms with van der Waals surface area (Å²) >= 11 is 0. The second-order valence-corrected chi connectivity index (χ2v) is 6.26. The van der Waals surface area contributed by atoms with Gasteiger partial charge in [0.1, 0.15) is 0 Å². The van der Waals surface area contributed by atoms with Gasteiger partial charge in [-0.3, -0.25) is 14.4 Å². The molecular weight excluding hydrogens is 272 g/mol. The minimum atomic E-state index is -0.840. The van der Waals surface area contributed by atoms with E-state index in [1.165, 1.54) is 0 Å². The zero-order valence-corrected chi connectivity index (χ0v) is 12.5. The van der Waals surface area contributed by atoms with Crippen molar-refractivity contribution in [2.24, 2.45) is 11.8 Å². The molecule has 6 heteroatoms. The molecule has 0 aromatic carbocycles. The van der Waals surface area contributed by atoms with Gasteiger partial charge in [-0.25, -0.2) is 0 Å². The Balaban J connectivity index is 1.74. The standard InChI is InChI=1S/C15H24N2O4/c1-10(16-14(19)11-4-2-3-5-11)8-13(18)17-7-6-12(9-17)15(20)21/h10-12H,2-9H2,1H3,(H,16,19)(H,20,21). The normalized spacial score (nSPS) is 24.0. The molecule has 0 radical (unpaired) electrons. The minimum Gasteiger partial charge on any atom is -0.481 e. The van der Waals surface area contributed by atoms with Gasteiger partial charge in [0.15, 0.2) is 0 Å². The van der Waals surface area contributed by atoms with Crippen LogP contribution in [0.4, 0.5) is 0 Å². The molecular formula is C15H24N2O4. The minimum absolute atomic E-state index is 0.0534. The van der Waals surface area contributed by atoms with Gasteiger partial charge in [0.05, 0.1) is 5.92 Å². The Labute approximate surface area is 124 Å². The van der Waals surface area contributed by atoms with Crippen LogP contribution in [0.5, 0.6) is 0 Å². The molecule has 1 aliphatic heterocycles. The molecule has 0 spiro atoms. The van der Waals surface area contributed by atoms with E-state index in [-0.39, 0.29) is 36.7 Å². The summed E-state index contributed by atoms with van der Waals surface area (Å²) in [6, 6.07) is -0.200. The molecule has 2 aliphatic rings. The predicted molar refractivity (Wildman–Crippen MR) is 76.5 cm³/mol. The van der Waals surface area contributed by atoms with Crippen LogP contribution >= 0.6 is 0 Å². The van der Waals surface area contributed by atoms with Crippen molar-refractivity contribution in [2.75, 3.05) is 13.1 Å². The Hall–Kier alpha value is -1.59. The Kier molecular flexibility index (Phi) is 5.20. The molecule has 1 saturated carbocycles. The molecule has 1 saturated heterocycles. The van der Waals surface area contributed by atoms with Gasteiger partial charge in [0.2, 0.25) is 11.8 Å². The molecule has 2 amide bonds. The van der Waals surface area contributed by atoms with Crippen LogP contribution in [0.3, 0.4) is 0 Å². The lowest BCUT2D eigenvalue weighted by molar-refractivity contribution is -0.141. The van der Waals surface area contributed by atoms with Crippen molar-refractivity contribution in [3.63, 3.8) is 0 Å². The van der Waals surface area contributed by atoms with E-state index in [4.69, 9.17) is 5.11 Å². The summed E-state index contributed by atoms with van der Waals surface area (Å²) < 4.78 is 0. The number of hydrogen-bond acceptors (Lipinski definition) is 3. The van der Waals surface area contributed by atoms with Crippen LogP contribution in [0.1, 0.15) is 45.4 Å². The third-order valence-electron chi connectivity index (χ3n) is 4.49. The summed E-state index contributed by atoms with van der Waals surface area (Å²) in [7, 11) is 0. The summed E-state index contributed by atoms with van der Waals surface area (Å²) in [5.41, 5.74) is 0. The number of carboxylic acids is 1. The summed E-state index contributed by atoms with van der Waals surface area (Å²) in [6.45, 7) is 2.62. The van der Waals surface area contributed by atoms with Crippen molar-refractivity contribution in [3.05, 3.63) is 0 Å². The number of rotatable bonds is 5. The van der Waals surface area contributed by atoms with E-state index in [0.717, 1.165) is 25.7 Å². The maximum Gasteiger partial charge on any atom is 0.308 e. The van der Waals surface area contributed by atoms with E-state index in [1.54, 1.807) is 4.90 Å². The molecule has 6 nitrogen and oxygen atoms in total. The first kappa shape index (κ1) is 15.8. The number of likely N-dealkylation sites (tertiary alicyclic amines) is 1.